The van der Waals surface area contributed by atoms with Crippen LogP contribution in [0.1, 0.15) is 11.1 Å². The molecule has 0 N–H and O–H groups in total. The summed E-state index contributed by atoms with van der Waals surface area (Å²) < 4.78 is 0. The number of hydrogen-bond acceptors (Lipinski definition) is 0. The molecule has 0 saturated carbocycles. The molecule has 0 unspecified atom stereocenters. The fourth-order valence-electron chi connectivity index (χ4n) is 1.82. The molecule has 0 aliphatic rings. The molecule has 0 amide bonds. The van der Waals surface area contributed by atoms with Gasteiger partial charge in [-0.25, -0.2) is 0 Å². The molecule has 0 atom stereocenters. The minimum atomic E-state index is 1.25. The molecule has 1 radical (unpaired) electrons. The van der Waals surface area contributed by atoms with Gasteiger partial charge in [-0.15, -0.1) is 0 Å². The summed E-state index contributed by atoms with van der Waals surface area (Å²) in [5.74, 6) is 0. The van der Waals surface area contributed by atoms with Crippen molar-refractivity contribution in [3.63, 3.8) is 0 Å². The van der Waals surface area contributed by atoms with Gasteiger partial charge in [0.1, 0.15) is 0 Å². The predicted octanol–water partition coefficient (Wildman–Crippen LogP) is 3.77. The van der Waals surface area contributed by atoms with Crippen molar-refractivity contribution in [3.05, 3.63) is 59.7 Å². The first kappa shape index (κ1) is 9.01. The van der Waals surface area contributed by atoms with Crippen LogP contribution in [-0.4, -0.2) is 0 Å². The van der Waals surface area contributed by atoms with Gasteiger partial charge in [0.15, 0.2) is 0 Å². The average molecular weight is 181 g/mol. The molecule has 69 valence electrons. The van der Waals surface area contributed by atoms with Gasteiger partial charge in [0.05, 0.1) is 0 Å². The van der Waals surface area contributed by atoms with Crippen molar-refractivity contribution in [2.24, 2.45) is 0 Å². The summed E-state index contributed by atoms with van der Waals surface area (Å²) in [6.07, 6.45) is 0. The molecule has 0 fully saturated rings. The first-order valence-electron chi connectivity index (χ1n) is 4.82. The summed E-state index contributed by atoms with van der Waals surface area (Å²) in [5.41, 5.74) is 5.24. The van der Waals surface area contributed by atoms with Gasteiger partial charge in [-0.3, -0.25) is 0 Å². The molecule has 0 heterocycles. The standard InChI is InChI=1S/C14H13/c1-11-7-6-8-12(2)14(11)13-9-4-3-5-10-13/h3-4,6-10H,1-2H3. The van der Waals surface area contributed by atoms with E-state index < -0.39 is 0 Å². The maximum atomic E-state index is 3.11. The van der Waals surface area contributed by atoms with E-state index in [0.29, 0.717) is 0 Å². The Hall–Kier alpha value is -1.56. The van der Waals surface area contributed by atoms with Crippen molar-refractivity contribution in [2.45, 2.75) is 13.8 Å². The Morgan fingerprint density at radius 1 is 0.929 bits per heavy atom. The molecule has 0 aliphatic carbocycles. The second-order valence-electron chi connectivity index (χ2n) is 3.56. The van der Waals surface area contributed by atoms with Crippen LogP contribution in [0.3, 0.4) is 0 Å². The third-order valence-corrected chi connectivity index (χ3v) is 2.48. The Morgan fingerprint density at radius 2 is 1.64 bits per heavy atom. The van der Waals surface area contributed by atoms with Gasteiger partial charge in [-0.1, -0.05) is 36.4 Å². The quantitative estimate of drug-likeness (QED) is 0.628. The Morgan fingerprint density at radius 3 is 2.21 bits per heavy atom. The Balaban J connectivity index is 2.63. The molecular weight excluding hydrogens is 168 g/mol. The van der Waals surface area contributed by atoms with Gasteiger partial charge in [0, 0.05) is 0 Å². The zero-order valence-electron chi connectivity index (χ0n) is 8.54. The fourth-order valence-corrected chi connectivity index (χ4v) is 1.82. The van der Waals surface area contributed by atoms with E-state index in [2.05, 4.69) is 44.2 Å². The average Bonchev–Trinajstić information content (AvgIpc) is 2.19. The lowest BCUT2D eigenvalue weighted by atomic mass is 9.96. The molecule has 0 saturated heterocycles. The summed E-state index contributed by atoms with van der Waals surface area (Å²) >= 11 is 0. The second kappa shape index (κ2) is 3.67. The molecular formula is C14H13. The van der Waals surface area contributed by atoms with E-state index in [1.807, 2.05) is 18.2 Å². The van der Waals surface area contributed by atoms with Gasteiger partial charge in [0.2, 0.25) is 0 Å². The lowest BCUT2D eigenvalue weighted by molar-refractivity contribution is 1.38. The zero-order chi connectivity index (χ0) is 9.97. The van der Waals surface area contributed by atoms with Crippen LogP contribution in [0.25, 0.3) is 11.1 Å². The summed E-state index contributed by atoms with van der Waals surface area (Å²) in [7, 11) is 0. The maximum absolute atomic E-state index is 3.11. The van der Waals surface area contributed by atoms with Crippen LogP contribution in [0, 0.1) is 19.9 Å². The molecule has 2 aromatic carbocycles. The third kappa shape index (κ3) is 1.56. The number of aryl methyl sites for hydroxylation is 2. The van der Waals surface area contributed by atoms with E-state index in [1.165, 1.54) is 22.3 Å². The summed E-state index contributed by atoms with van der Waals surface area (Å²) in [6.45, 7) is 4.30. The number of rotatable bonds is 1. The summed E-state index contributed by atoms with van der Waals surface area (Å²) in [5, 5.41) is 0. The maximum Gasteiger partial charge on any atom is -0.0125 e. The molecule has 2 aromatic rings. The Bertz CT molecular complexity index is 407. The van der Waals surface area contributed by atoms with Crippen LogP contribution in [-0.2, 0) is 0 Å². The fraction of sp³-hybridized carbons (Fsp3) is 0.143. The lowest BCUT2D eigenvalue weighted by Crippen LogP contribution is -1.86. The molecule has 14 heavy (non-hydrogen) atoms. The van der Waals surface area contributed by atoms with Gasteiger partial charge in [-0.2, -0.15) is 0 Å². The Labute approximate surface area is 85.2 Å². The molecule has 0 aromatic heterocycles. The second-order valence-corrected chi connectivity index (χ2v) is 3.56. The SMILES string of the molecule is Cc1cccc(C)c1-c1c[c]ccc1. The van der Waals surface area contributed by atoms with E-state index >= 15 is 0 Å². The minimum absolute atomic E-state index is 1.25. The van der Waals surface area contributed by atoms with Gasteiger partial charge in [0.25, 0.3) is 0 Å². The molecule has 0 heteroatoms. The topological polar surface area (TPSA) is 0 Å². The van der Waals surface area contributed by atoms with Crippen molar-refractivity contribution in [1.82, 2.24) is 0 Å². The summed E-state index contributed by atoms with van der Waals surface area (Å²) in [6, 6.07) is 17.6. The third-order valence-electron chi connectivity index (χ3n) is 2.48. The molecule has 0 nitrogen and oxygen atoms in total. The monoisotopic (exact) mass is 181 g/mol. The van der Waals surface area contributed by atoms with E-state index in [1.54, 1.807) is 0 Å². The van der Waals surface area contributed by atoms with Crippen LogP contribution < -0.4 is 0 Å². The first-order valence-corrected chi connectivity index (χ1v) is 4.82. The van der Waals surface area contributed by atoms with Crippen LogP contribution in [0.4, 0.5) is 0 Å². The number of hydrogen-bond donors (Lipinski definition) is 0. The van der Waals surface area contributed by atoms with Gasteiger partial charge in [-0.05, 0) is 48.2 Å². The normalized spacial score (nSPS) is 10.1. The zero-order valence-corrected chi connectivity index (χ0v) is 8.54. The highest BCUT2D eigenvalue weighted by atomic mass is 14.1. The largest absolute Gasteiger partial charge is 0.0617 e. The van der Waals surface area contributed by atoms with Crippen molar-refractivity contribution < 1.29 is 0 Å². The highest BCUT2D eigenvalue weighted by Gasteiger charge is 2.03. The van der Waals surface area contributed by atoms with Crippen LogP contribution in [0.15, 0.2) is 42.5 Å². The van der Waals surface area contributed by atoms with E-state index in [4.69, 9.17) is 0 Å². The summed E-state index contributed by atoms with van der Waals surface area (Å²) in [4.78, 5) is 0. The molecule has 2 rings (SSSR count). The number of benzene rings is 2. The van der Waals surface area contributed by atoms with E-state index in [9.17, 15) is 0 Å². The van der Waals surface area contributed by atoms with E-state index in [0.717, 1.165) is 0 Å². The van der Waals surface area contributed by atoms with Crippen LogP contribution in [0.5, 0.6) is 0 Å². The van der Waals surface area contributed by atoms with Crippen molar-refractivity contribution in [2.75, 3.05) is 0 Å². The van der Waals surface area contributed by atoms with Crippen LogP contribution >= 0.6 is 0 Å². The van der Waals surface area contributed by atoms with Gasteiger partial charge >= 0.3 is 0 Å². The van der Waals surface area contributed by atoms with Gasteiger partial charge < -0.3 is 0 Å². The predicted molar refractivity (Wildman–Crippen MR) is 60.2 cm³/mol. The Kier molecular flexibility index (Phi) is 2.36. The minimum Gasteiger partial charge on any atom is -0.0617 e. The van der Waals surface area contributed by atoms with Crippen molar-refractivity contribution in [1.29, 1.82) is 0 Å². The molecule has 0 spiro atoms. The van der Waals surface area contributed by atoms with E-state index in [-0.39, 0.29) is 0 Å². The smallest absolute Gasteiger partial charge is 0.0125 e. The highest BCUT2D eigenvalue weighted by Crippen LogP contribution is 2.26. The first-order chi connectivity index (χ1) is 6.79. The van der Waals surface area contributed by atoms with Crippen LogP contribution in [0.2, 0.25) is 0 Å². The molecule has 0 aliphatic heterocycles. The highest BCUT2D eigenvalue weighted by molar-refractivity contribution is 5.70. The molecule has 0 bridgehead atoms. The van der Waals surface area contributed by atoms with Crippen molar-refractivity contribution >= 4 is 0 Å². The van der Waals surface area contributed by atoms with Crippen molar-refractivity contribution in [3.8, 4) is 11.1 Å². The lowest BCUT2D eigenvalue weighted by Gasteiger charge is -2.08.